The van der Waals surface area contributed by atoms with Crippen LogP contribution in [0.4, 0.5) is 34.1 Å². The molecule has 0 aliphatic carbocycles. The number of hydrogen-bond acceptors (Lipinski definition) is 2. The topological polar surface area (TPSA) is 6.48 Å². The quantitative estimate of drug-likeness (QED) is 0.119. The fourth-order valence-electron chi connectivity index (χ4n) is 15.7. The SMILES string of the molecule is Cc1cc(C)c(-c2cc3c4c(c2)N(c2cc(-c5ccccc5)cc(-c5ccccc5)c2)c2cc(-c5c(C)cc(-c6ccccc6)cc5C)ccc2B4c2ccc(-c4c(C)cc(-c5ccccc5)cc4C)cc2N3c2cc(-c3ccccc3)cc(-c3ccccc3)c2)c(C)c1. The summed E-state index contributed by atoms with van der Waals surface area (Å²) in [6.45, 7) is 15.8. The van der Waals surface area contributed by atoms with Crippen LogP contribution in [-0.2, 0) is 0 Å². The molecule has 0 radical (unpaired) electrons. The molecule has 0 unspecified atom stereocenters. The first kappa shape index (κ1) is 57.9. The highest BCUT2D eigenvalue weighted by Crippen LogP contribution is 2.51. The van der Waals surface area contributed by atoms with E-state index in [0.717, 1.165) is 56.4 Å². The van der Waals surface area contributed by atoms with Crippen molar-refractivity contribution in [3.63, 3.8) is 0 Å². The van der Waals surface area contributed by atoms with Crippen LogP contribution in [0.15, 0.2) is 303 Å². The number of aryl methyl sites for hydroxylation is 7. The lowest BCUT2D eigenvalue weighted by atomic mass is 9.33. The second-order valence-electron chi connectivity index (χ2n) is 26.1. The van der Waals surface area contributed by atoms with E-state index in [9.17, 15) is 0 Å². The molecule has 2 aliphatic rings. The van der Waals surface area contributed by atoms with Crippen LogP contribution in [0.1, 0.15) is 38.9 Å². The summed E-state index contributed by atoms with van der Waals surface area (Å²) in [5, 5.41) is 0. The summed E-state index contributed by atoms with van der Waals surface area (Å²) < 4.78 is 0. The third-order valence-electron chi connectivity index (χ3n) is 19.7. The number of nitrogens with zero attached hydrogens (tertiary/aromatic N) is 2. The molecular formula is C91H71BN2. The summed E-state index contributed by atoms with van der Waals surface area (Å²) >= 11 is 0. The Morgan fingerprint density at radius 2 is 0.457 bits per heavy atom. The van der Waals surface area contributed by atoms with Gasteiger partial charge in [0.25, 0.3) is 6.71 Å². The summed E-state index contributed by atoms with van der Waals surface area (Å²) in [6, 6.07) is 114. The Labute approximate surface area is 554 Å². The number of rotatable bonds is 11. The third-order valence-corrected chi connectivity index (χ3v) is 19.7. The monoisotopic (exact) mass is 1200 g/mol. The maximum absolute atomic E-state index is 2.65. The van der Waals surface area contributed by atoms with Gasteiger partial charge in [-0.2, -0.15) is 0 Å². The fourth-order valence-corrected chi connectivity index (χ4v) is 15.7. The molecule has 2 aliphatic heterocycles. The standard InChI is InChI=1S/C91H71BN2/c1-58-42-59(2)90(60(3)43-58)79-56-86-91-87(57-79)94(81-52-77(69-34-22-12-23-35-69)49-78(53-81)70-36-24-13-25-37-70)85-55-72(89-63(6)46-74(47-64(89)7)66-28-16-9-17-29-66)39-41-83(85)92(91)82-40-38-71(88-61(4)44-73(45-62(88)5)65-26-14-8-15-27-65)54-84(82)93(86)80-50-75(67-30-18-10-19-31-67)48-76(51-80)68-32-20-11-21-33-68/h8-57H,1-7H3. The van der Waals surface area contributed by atoms with Gasteiger partial charge in [-0.15, -0.1) is 0 Å². The lowest BCUT2D eigenvalue weighted by Crippen LogP contribution is -2.61. The van der Waals surface area contributed by atoms with Crippen LogP contribution in [0.5, 0.6) is 0 Å². The van der Waals surface area contributed by atoms with E-state index in [-0.39, 0.29) is 6.71 Å². The van der Waals surface area contributed by atoms with Crippen LogP contribution < -0.4 is 26.2 Å². The van der Waals surface area contributed by atoms with E-state index in [4.69, 9.17) is 0 Å². The Bertz CT molecular complexity index is 4770. The van der Waals surface area contributed by atoms with E-state index in [2.05, 4.69) is 362 Å². The van der Waals surface area contributed by atoms with Crippen molar-refractivity contribution in [3.8, 4) is 100 Å². The van der Waals surface area contributed by atoms with Gasteiger partial charge in [-0.25, -0.2) is 0 Å². The summed E-state index contributed by atoms with van der Waals surface area (Å²) in [5.74, 6) is 0. The van der Waals surface area contributed by atoms with Crippen molar-refractivity contribution >= 4 is 57.2 Å². The Kier molecular flexibility index (Phi) is 14.6. The van der Waals surface area contributed by atoms with Gasteiger partial charge in [0.05, 0.1) is 0 Å². The van der Waals surface area contributed by atoms with Crippen LogP contribution >= 0.6 is 0 Å². The van der Waals surface area contributed by atoms with Crippen LogP contribution in [0.2, 0.25) is 0 Å². The van der Waals surface area contributed by atoms with Gasteiger partial charge in [-0.05, 0) is 259 Å². The van der Waals surface area contributed by atoms with Crippen molar-refractivity contribution in [1.29, 1.82) is 0 Å². The Morgan fingerprint density at radius 1 is 0.202 bits per heavy atom. The summed E-state index contributed by atoms with van der Waals surface area (Å²) in [4.78, 5) is 5.29. The molecule has 0 atom stereocenters. The first-order valence-electron chi connectivity index (χ1n) is 33.0. The molecule has 94 heavy (non-hydrogen) atoms. The summed E-state index contributed by atoms with van der Waals surface area (Å²) in [6.07, 6.45) is 0. The van der Waals surface area contributed by atoms with Crippen molar-refractivity contribution in [2.24, 2.45) is 0 Å². The molecule has 14 aromatic rings. The van der Waals surface area contributed by atoms with Gasteiger partial charge < -0.3 is 9.80 Å². The average molecular weight is 1200 g/mol. The minimum absolute atomic E-state index is 0.165. The maximum atomic E-state index is 2.65. The smallest absolute Gasteiger partial charge is 0.252 e. The first-order chi connectivity index (χ1) is 46.0. The molecule has 0 spiro atoms. The predicted octanol–water partition coefficient (Wildman–Crippen LogP) is 22.9. The molecule has 2 heterocycles. The zero-order chi connectivity index (χ0) is 63.7. The van der Waals surface area contributed by atoms with Crippen molar-refractivity contribution in [2.45, 2.75) is 48.5 Å². The first-order valence-corrected chi connectivity index (χ1v) is 33.0. The minimum Gasteiger partial charge on any atom is -0.311 e. The van der Waals surface area contributed by atoms with Gasteiger partial charge in [0.15, 0.2) is 0 Å². The van der Waals surface area contributed by atoms with E-state index < -0.39 is 0 Å². The average Bonchev–Trinajstić information content (AvgIpc) is 0.692. The lowest BCUT2D eigenvalue weighted by Gasteiger charge is -2.45. The third kappa shape index (κ3) is 10.3. The molecule has 3 heteroatoms. The van der Waals surface area contributed by atoms with Crippen molar-refractivity contribution in [1.82, 2.24) is 0 Å². The van der Waals surface area contributed by atoms with Crippen LogP contribution in [0.25, 0.3) is 100 Å². The molecule has 16 rings (SSSR count). The van der Waals surface area contributed by atoms with E-state index in [1.807, 2.05) is 0 Å². The number of benzene rings is 14. The van der Waals surface area contributed by atoms with Crippen molar-refractivity contribution in [3.05, 3.63) is 342 Å². The molecule has 2 nitrogen and oxygen atoms in total. The number of fused-ring (bicyclic) bond motifs is 4. The van der Waals surface area contributed by atoms with Gasteiger partial charge in [0.2, 0.25) is 0 Å². The van der Waals surface area contributed by atoms with Gasteiger partial charge in [-0.1, -0.05) is 248 Å². The van der Waals surface area contributed by atoms with Crippen molar-refractivity contribution in [2.75, 3.05) is 9.80 Å². The normalized spacial score (nSPS) is 12.1. The number of hydrogen-bond donors (Lipinski definition) is 0. The van der Waals surface area contributed by atoms with Gasteiger partial charge in [0.1, 0.15) is 0 Å². The highest BCUT2D eigenvalue weighted by molar-refractivity contribution is 7.00. The van der Waals surface area contributed by atoms with Crippen LogP contribution in [0.3, 0.4) is 0 Å². The maximum Gasteiger partial charge on any atom is 0.252 e. The van der Waals surface area contributed by atoms with Gasteiger partial charge in [0, 0.05) is 34.1 Å². The fraction of sp³-hybridized carbons (Fsp3) is 0.0769. The molecule has 14 aromatic carbocycles. The molecular weight excluding hydrogens is 1130 g/mol. The number of anilines is 6. The second kappa shape index (κ2) is 23.8. The second-order valence-corrected chi connectivity index (χ2v) is 26.1. The molecule has 448 valence electrons. The summed E-state index contributed by atoms with van der Waals surface area (Å²) in [7, 11) is 0. The highest BCUT2D eigenvalue weighted by Gasteiger charge is 2.44. The molecule has 0 amide bonds. The van der Waals surface area contributed by atoms with E-state index in [1.165, 1.54) is 133 Å². The molecule has 0 fully saturated rings. The molecule has 0 saturated carbocycles. The van der Waals surface area contributed by atoms with E-state index >= 15 is 0 Å². The Morgan fingerprint density at radius 3 is 0.755 bits per heavy atom. The zero-order valence-electron chi connectivity index (χ0n) is 54.3. The lowest BCUT2D eigenvalue weighted by molar-refractivity contribution is 1.25. The largest absolute Gasteiger partial charge is 0.311 e. The van der Waals surface area contributed by atoms with Gasteiger partial charge >= 0.3 is 0 Å². The Hall–Kier alpha value is -11.3. The molecule has 0 bridgehead atoms. The predicted molar refractivity (Wildman–Crippen MR) is 403 cm³/mol. The van der Waals surface area contributed by atoms with Gasteiger partial charge in [-0.3, -0.25) is 0 Å². The van der Waals surface area contributed by atoms with E-state index in [1.54, 1.807) is 0 Å². The zero-order valence-corrected chi connectivity index (χ0v) is 54.3. The van der Waals surface area contributed by atoms with Crippen LogP contribution in [0, 0.1) is 48.5 Å². The molecule has 0 saturated heterocycles. The van der Waals surface area contributed by atoms with E-state index in [0.29, 0.717) is 0 Å². The molecule has 0 N–H and O–H groups in total. The summed E-state index contributed by atoms with van der Waals surface area (Å²) in [5.41, 5.74) is 40.9. The van der Waals surface area contributed by atoms with Crippen molar-refractivity contribution < 1.29 is 0 Å². The Balaban J connectivity index is 1.03. The highest BCUT2D eigenvalue weighted by atomic mass is 15.2. The molecule has 0 aromatic heterocycles. The minimum atomic E-state index is -0.165. The van der Waals surface area contributed by atoms with Crippen LogP contribution in [-0.4, -0.2) is 6.71 Å².